The van der Waals surface area contributed by atoms with Crippen LogP contribution in [0.5, 0.6) is 0 Å². The van der Waals surface area contributed by atoms with Gasteiger partial charge in [0.2, 0.25) is 0 Å². The molecule has 9 N–H and O–H groups in total. The molecule has 9 amide bonds. The van der Waals surface area contributed by atoms with Crippen LogP contribution in [0.2, 0.25) is 0 Å². The minimum Gasteiger partial charge on any atom is -0.351 e. The van der Waals surface area contributed by atoms with Gasteiger partial charge in [0.15, 0.2) is 0 Å². The van der Waals surface area contributed by atoms with Crippen LogP contribution in [0, 0.1) is 30.3 Å². The van der Waals surface area contributed by atoms with Crippen molar-refractivity contribution in [3.8, 4) is 0 Å². The molecular weight excluding hydrogens is 951 g/mol. The van der Waals surface area contributed by atoms with Gasteiger partial charge in [-0.3, -0.25) is 49.6 Å². The summed E-state index contributed by atoms with van der Waals surface area (Å²) < 4.78 is 0. The Balaban J connectivity index is 0.988. The lowest BCUT2D eigenvalue weighted by atomic mass is 10.2. The first-order chi connectivity index (χ1) is 35.1. The number of nitro groups is 3. The van der Waals surface area contributed by atoms with Gasteiger partial charge in [0, 0.05) is 126 Å². The molecule has 0 heterocycles. The molecule has 25 nitrogen and oxygen atoms in total. The Hall–Kier alpha value is -10.3. The number of rotatable bonds is 21. The van der Waals surface area contributed by atoms with Crippen LogP contribution in [-0.2, 0) is 0 Å². The smallest absolute Gasteiger partial charge is 0.323 e. The molecule has 25 heteroatoms. The molecule has 0 spiro atoms. The molecule has 0 unspecified atom stereocenters. The van der Waals surface area contributed by atoms with Crippen molar-refractivity contribution < 1.29 is 43.5 Å². The van der Waals surface area contributed by atoms with Gasteiger partial charge >= 0.3 is 18.1 Å². The molecule has 0 fully saturated rings. The maximum Gasteiger partial charge on any atom is 0.323 e. The Morgan fingerprint density at radius 1 is 0.329 bits per heavy atom. The Morgan fingerprint density at radius 3 is 0.712 bits per heavy atom. The predicted octanol–water partition coefficient (Wildman–Crippen LogP) is 7.24. The van der Waals surface area contributed by atoms with E-state index in [1.54, 1.807) is 0 Å². The number of carbonyl (C=O) groups excluding carboxylic acids is 6. The molecule has 0 saturated heterocycles. The molecule has 0 bridgehead atoms. The highest BCUT2D eigenvalue weighted by atomic mass is 16.6. The maximum absolute atomic E-state index is 13.1. The second kappa shape index (κ2) is 25.3. The number of benzene rings is 6. The summed E-state index contributed by atoms with van der Waals surface area (Å²) in [6, 6.07) is 32.3. The van der Waals surface area contributed by atoms with E-state index >= 15 is 0 Å². The highest BCUT2D eigenvalue weighted by Gasteiger charge is 2.15. The van der Waals surface area contributed by atoms with Gasteiger partial charge in [-0.15, -0.1) is 0 Å². The van der Waals surface area contributed by atoms with Crippen molar-refractivity contribution in [2.24, 2.45) is 0 Å². The van der Waals surface area contributed by atoms with E-state index in [0.717, 1.165) is 0 Å². The van der Waals surface area contributed by atoms with Crippen molar-refractivity contribution in [2.45, 2.75) is 0 Å². The summed E-state index contributed by atoms with van der Waals surface area (Å²) in [5.74, 6) is -1.23. The lowest BCUT2D eigenvalue weighted by Crippen LogP contribution is -2.43. The van der Waals surface area contributed by atoms with Crippen molar-refractivity contribution in [3.05, 3.63) is 193 Å². The molecular formula is C48H45N13O12. The van der Waals surface area contributed by atoms with Crippen LogP contribution in [-0.4, -0.2) is 94.8 Å². The third-order valence-corrected chi connectivity index (χ3v) is 10.4. The van der Waals surface area contributed by atoms with Crippen LogP contribution in [0.15, 0.2) is 146 Å². The number of nitrogens with one attached hydrogen (secondary N) is 9. The van der Waals surface area contributed by atoms with Crippen LogP contribution in [0.3, 0.4) is 0 Å². The highest BCUT2D eigenvalue weighted by Crippen LogP contribution is 2.20. The number of urea groups is 3. The average Bonchev–Trinajstić information content (AvgIpc) is 3.37. The van der Waals surface area contributed by atoms with Crippen molar-refractivity contribution in [2.75, 3.05) is 71.2 Å². The zero-order valence-electron chi connectivity index (χ0n) is 38.3. The minimum atomic E-state index is -0.606. The monoisotopic (exact) mass is 995 g/mol. The highest BCUT2D eigenvalue weighted by molar-refractivity contribution is 6.02. The topological polar surface area (TPSA) is 343 Å². The van der Waals surface area contributed by atoms with Crippen molar-refractivity contribution in [1.29, 1.82) is 0 Å². The van der Waals surface area contributed by atoms with E-state index < -0.39 is 50.6 Å². The number of nitro benzene ring substituents is 3. The lowest BCUT2D eigenvalue weighted by molar-refractivity contribution is -0.385. The molecule has 0 aliphatic rings. The second-order valence-corrected chi connectivity index (χ2v) is 15.5. The van der Waals surface area contributed by atoms with Gasteiger partial charge in [0.25, 0.3) is 34.8 Å². The number of nitrogens with zero attached hydrogens (tertiary/aromatic N) is 4. The number of amides is 9. The van der Waals surface area contributed by atoms with Crippen molar-refractivity contribution in [3.63, 3.8) is 0 Å². The Labute approximate surface area is 414 Å². The van der Waals surface area contributed by atoms with E-state index in [1.807, 2.05) is 4.90 Å². The van der Waals surface area contributed by atoms with Crippen LogP contribution in [0.1, 0.15) is 31.1 Å². The quantitative estimate of drug-likeness (QED) is 0.0254. The summed E-state index contributed by atoms with van der Waals surface area (Å²) in [6.45, 7) is 1.38. The van der Waals surface area contributed by atoms with E-state index in [-0.39, 0.29) is 36.7 Å². The fourth-order valence-corrected chi connectivity index (χ4v) is 6.62. The largest absolute Gasteiger partial charge is 0.351 e. The normalized spacial score (nSPS) is 10.5. The van der Waals surface area contributed by atoms with Gasteiger partial charge in [-0.25, -0.2) is 14.4 Å². The molecule has 0 atom stereocenters. The number of non-ortho nitro benzene ring substituents is 3. The minimum absolute atomic E-state index is 0.128. The van der Waals surface area contributed by atoms with Gasteiger partial charge in [0.05, 0.1) is 14.8 Å². The van der Waals surface area contributed by atoms with Crippen molar-refractivity contribution >= 4 is 87.0 Å². The number of hydrogen-bond donors (Lipinski definition) is 9. The van der Waals surface area contributed by atoms with E-state index in [2.05, 4.69) is 47.9 Å². The van der Waals surface area contributed by atoms with Gasteiger partial charge in [-0.05, 0) is 109 Å². The molecule has 73 heavy (non-hydrogen) atoms. The molecule has 374 valence electrons. The summed E-state index contributed by atoms with van der Waals surface area (Å²) in [6.07, 6.45) is 0. The van der Waals surface area contributed by atoms with Crippen molar-refractivity contribution in [1.82, 2.24) is 20.9 Å². The third kappa shape index (κ3) is 16.4. The third-order valence-electron chi connectivity index (χ3n) is 10.4. The summed E-state index contributed by atoms with van der Waals surface area (Å²) >= 11 is 0. The Kier molecular flexibility index (Phi) is 18.1. The van der Waals surface area contributed by atoms with Gasteiger partial charge in [-0.1, -0.05) is 0 Å². The fraction of sp³-hybridized carbons (Fsp3) is 0.125. The summed E-state index contributed by atoms with van der Waals surface area (Å²) in [7, 11) is 0. The molecule has 0 aliphatic carbocycles. The van der Waals surface area contributed by atoms with Crippen LogP contribution < -0.4 is 47.9 Å². The summed E-state index contributed by atoms with van der Waals surface area (Å²) in [5, 5.41) is 56.8. The lowest BCUT2D eigenvalue weighted by Gasteiger charge is -2.23. The Morgan fingerprint density at radius 2 is 0.521 bits per heavy atom. The van der Waals surface area contributed by atoms with Gasteiger partial charge in [0.1, 0.15) is 0 Å². The molecule has 0 aliphatic heterocycles. The van der Waals surface area contributed by atoms with E-state index in [0.29, 0.717) is 70.4 Å². The van der Waals surface area contributed by atoms with E-state index in [9.17, 15) is 59.1 Å². The summed E-state index contributed by atoms with van der Waals surface area (Å²) in [5.41, 5.74) is 2.63. The molecule has 0 saturated carbocycles. The molecule has 6 aromatic carbocycles. The molecule has 0 radical (unpaired) electrons. The SMILES string of the molecule is O=C(Nc1ccc(C(=O)NCCN(CCNC(=O)c2ccc(NC(=O)Nc3ccc([N+](=O)[O-])cc3)cc2)CCNC(=O)c2ccc(NC(=O)Nc3ccc([N+](=O)[O-])cc3)cc2)cc1)Nc1ccc([N+](=O)[O-])cc1. The zero-order chi connectivity index (χ0) is 52.3. The number of anilines is 6. The molecule has 6 rings (SSSR count). The fourth-order valence-electron chi connectivity index (χ4n) is 6.62. The average molecular weight is 996 g/mol. The van der Waals surface area contributed by atoms with E-state index in [1.165, 1.54) is 146 Å². The van der Waals surface area contributed by atoms with Crippen LogP contribution in [0.25, 0.3) is 0 Å². The predicted molar refractivity (Wildman–Crippen MR) is 270 cm³/mol. The van der Waals surface area contributed by atoms with E-state index in [4.69, 9.17) is 0 Å². The van der Waals surface area contributed by atoms with Crippen LogP contribution in [0.4, 0.5) is 65.6 Å². The number of carbonyl (C=O) groups is 6. The number of hydrogen-bond acceptors (Lipinski definition) is 13. The standard InChI is InChI=1S/C48H45N13O12/c62-43(31-1-7-34(8-2-31)52-46(65)55-37-13-19-40(20-14-37)59(68)69)49-25-28-58(29-26-50-44(63)32-3-9-35(10-4-32)53-47(66)56-38-15-21-41(22-16-38)60(70)71)30-27-51-45(64)33-5-11-36(12-6-33)54-48(67)57-39-17-23-42(24-18-39)61(72)73/h1-24H,25-30H2,(H,49,62)(H,50,63)(H,51,64)(H2,52,55,65)(H2,53,56,66)(H2,54,57,67). The van der Waals surface area contributed by atoms with Gasteiger partial charge < -0.3 is 47.9 Å². The first-order valence-electron chi connectivity index (χ1n) is 21.9. The molecule has 0 aromatic heterocycles. The van der Waals surface area contributed by atoms with Crippen LogP contribution >= 0.6 is 0 Å². The van der Waals surface area contributed by atoms with Gasteiger partial charge in [-0.2, -0.15) is 0 Å². The molecule has 6 aromatic rings. The first kappa shape index (κ1) is 52.1. The second-order valence-electron chi connectivity index (χ2n) is 15.5. The maximum atomic E-state index is 13.1. The summed E-state index contributed by atoms with van der Waals surface area (Å²) in [4.78, 5) is 110. The Bertz CT molecular complexity index is 2640. The zero-order valence-corrected chi connectivity index (χ0v) is 38.3. The first-order valence-corrected chi connectivity index (χ1v) is 21.9.